The molecule has 0 aliphatic carbocycles. The van der Waals surface area contributed by atoms with E-state index in [2.05, 4.69) is 47.8 Å². The van der Waals surface area contributed by atoms with Crippen molar-refractivity contribution in [2.24, 2.45) is 5.73 Å². The third-order valence-electron chi connectivity index (χ3n) is 2.91. The summed E-state index contributed by atoms with van der Waals surface area (Å²) in [6.45, 7) is 0.386. The summed E-state index contributed by atoms with van der Waals surface area (Å²) in [6.07, 6.45) is -0.628. The molecule has 2 atom stereocenters. The van der Waals surface area contributed by atoms with E-state index in [0.29, 0.717) is 6.54 Å². The fourth-order valence-corrected chi connectivity index (χ4v) is 5.28. The normalized spacial score (nSPS) is 14.4. The third kappa shape index (κ3) is 3.68. The highest BCUT2D eigenvalue weighted by Gasteiger charge is 2.24. The number of aliphatic hydroxyl groups excluding tert-OH is 1. The van der Waals surface area contributed by atoms with Crippen molar-refractivity contribution >= 4 is 59.1 Å². The van der Waals surface area contributed by atoms with E-state index in [4.69, 9.17) is 5.73 Å². The van der Waals surface area contributed by atoms with Gasteiger partial charge in [0.15, 0.2) is 0 Å². The molecule has 2 rings (SSSR count). The zero-order valence-corrected chi connectivity index (χ0v) is 15.4. The van der Waals surface area contributed by atoms with Crippen LogP contribution < -0.4 is 5.73 Å². The fraction of sp³-hybridized carbons (Fsp3) is 0.231. The summed E-state index contributed by atoms with van der Waals surface area (Å²) >= 11 is 11.9. The summed E-state index contributed by atoms with van der Waals surface area (Å²) in [5.41, 5.74) is 7.75. The Balaban J connectivity index is 2.34. The lowest BCUT2D eigenvalue weighted by molar-refractivity contribution is 0.147. The van der Waals surface area contributed by atoms with Crippen molar-refractivity contribution in [1.82, 2.24) is 0 Å². The van der Waals surface area contributed by atoms with Gasteiger partial charge in [-0.2, -0.15) is 0 Å². The number of benzene rings is 1. The molecule has 0 fully saturated rings. The van der Waals surface area contributed by atoms with Gasteiger partial charge >= 0.3 is 0 Å². The van der Waals surface area contributed by atoms with Gasteiger partial charge in [0.05, 0.1) is 13.7 Å². The molecule has 0 saturated heterocycles. The zero-order valence-electron chi connectivity index (χ0n) is 9.82. The van der Waals surface area contributed by atoms with Crippen LogP contribution in [0.25, 0.3) is 0 Å². The van der Waals surface area contributed by atoms with Crippen LogP contribution in [0.15, 0.2) is 42.4 Å². The number of nitrogens with two attached hydrogens (primary N) is 1. The van der Waals surface area contributed by atoms with Crippen molar-refractivity contribution < 1.29 is 5.11 Å². The van der Waals surface area contributed by atoms with Crippen LogP contribution >= 0.6 is 59.1 Å². The number of hydrogen-bond donors (Lipinski definition) is 2. The molecule has 102 valence electrons. The van der Waals surface area contributed by atoms with Gasteiger partial charge < -0.3 is 10.8 Å². The monoisotopic (exact) mass is 467 g/mol. The van der Waals surface area contributed by atoms with Gasteiger partial charge in [0.25, 0.3) is 0 Å². The Morgan fingerprint density at radius 2 is 1.95 bits per heavy atom. The standard InChI is InChI=1S/C13H12Br3NOS/c14-8-3-1-2-7(4-8)10(6-17)12(18)9-5-11(15)19-13(9)16/h1-5,10,12,18H,6,17H2. The van der Waals surface area contributed by atoms with Crippen LogP contribution in [0.4, 0.5) is 0 Å². The van der Waals surface area contributed by atoms with Gasteiger partial charge in [-0.3, -0.25) is 0 Å². The first-order valence-corrected chi connectivity index (χ1v) is 8.80. The average Bonchev–Trinajstić information content (AvgIpc) is 2.69. The van der Waals surface area contributed by atoms with Crippen molar-refractivity contribution in [3.05, 3.63) is 53.5 Å². The Morgan fingerprint density at radius 1 is 1.21 bits per heavy atom. The topological polar surface area (TPSA) is 46.2 Å². The van der Waals surface area contributed by atoms with Crippen LogP contribution in [0, 0.1) is 0 Å². The molecule has 0 radical (unpaired) electrons. The van der Waals surface area contributed by atoms with Crippen molar-refractivity contribution in [1.29, 1.82) is 0 Å². The fourth-order valence-electron chi connectivity index (χ4n) is 1.96. The number of halogens is 3. The van der Waals surface area contributed by atoms with Crippen LogP contribution in [-0.2, 0) is 0 Å². The Labute approximate surface area is 141 Å². The summed E-state index contributed by atoms with van der Waals surface area (Å²) in [5.74, 6) is -0.129. The first-order chi connectivity index (χ1) is 9.02. The number of aliphatic hydroxyl groups is 1. The summed E-state index contributed by atoms with van der Waals surface area (Å²) in [5, 5.41) is 10.6. The van der Waals surface area contributed by atoms with Crippen molar-refractivity contribution in [3.63, 3.8) is 0 Å². The van der Waals surface area contributed by atoms with Crippen molar-refractivity contribution in [2.45, 2.75) is 12.0 Å². The first-order valence-electron chi connectivity index (χ1n) is 5.61. The van der Waals surface area contributed by atoms with Gasteiger partial charge in [0.1, 0.15) is 0 Å². The Bertz CT molecular complexity index is 573. The molecule has 1 aromatic carbocycles. The van der Waals surface area contributed by atoms with Crippen molar-refractivity contribution in [2.75, 3.05) is 6.54 Å². The summed E-state index contributed by atoms with van der Waals surface area (Å²) < 4.78 is 2.90. The third-order valence-corrected chi connectivity index (χ3v) is 5.79. The van der Waals surface area contributed by atoms with E-state index in [0.717, 1.165) is 23.2 Å². The molecule has 2 nitrogen and oxygen atoms in total. The van der Waals surface area contributed by atoms with Gasteiger partial charge in [-0.05, 0) is 55.6 Å². The van der Waals surface area contributed by atoms with Gasteiger partial charge in [-0.25, -0.2) is 0 Å². The molecule has 0 aliphatic heterocycles. The van der Waals surface area contributed by atoms with Crippen LogP contribution in [0.2, 0.25) is 0 Å². The maximum Gasteiger partial charge on any atom is 0.0890 e. The molecule has 6 heteroatoms. The minimum absolute atomic E-state index is 0.129. The molecular weight excluding hydrogens is 458 g/mol. The molecule has 1 aromatic heterocycles. The largest absolute Gasteiger partial charge is 0.388 e. The number of thiophene rings is 1. The molecule has 0 spiro atoms. The van der Waals surface area contributed by atoms with Gasteiger partial charge in [0.2, 0.25) is 0 Å². The highest BCUT2D eigenvalue weighted by Crippen LogP contribution is 2.40. The molecule has 2 aromatic rings. The van der Waals surface area contributed by atoms with E-state index in [1.54, 1.807) is 11.3 Å². The van der Waals surface area contributed by atoms with Crippen LogP contribution in [-0.4, -0.2) is 11.7 Å². The minimum Gasteiger partial charge on any atom is -0.388 e. The molecule has 0 aliphatic rings. The Kier molecular flexibility index (Phi) is 5.63. The first kappa shape index (κ1) is 15.7. The molecule has 1 heterocycles. The predicted octanol–water partition coefficient (Wildman–Crippen LogP) is 4.81. The van der Waals surface area contributed by atoms with Crippen molar-refractivity contribution in [3.8, 4) is 0 Å². The van der Waals surface area contributed by atoms with Crippen LogP contribution in [0.1, 0.15) is 23.1 Å². The molecule has 0 saturated carbocycles. The number of rotatable bonds is 4. The Morgan fingerprint density at radius 3 is 2.47 bits per heavy atom. The van der Waals surface area contributed by atoms with Gasteiger partial charge in [0, 0.05) is 22.5 Å². The summed E-state index contributed by atoms with van der Waals surface area (Å²) in [6, 6.07) is 9.82. The van der Waals surface area contributed by atoms with E-state index in [1.807, 2.05) is 30.3 Å². The maximum atomic E-state index is 10.6. The maximum absolute atomic E-state index is 10.6. The highest BCUT2D eigenvalue weighted by molar-refractivity contribution is 9.12. The quantitative estimate of drug-likeness (QED) is 0.674. The smallest absolute Gasteiger partial charge is 0.0890 e. The SMILES string of the molecule is NCC(c1cccc(Br)c1)C(O)c1cc(Br)sc1Br. The van der Waals surface area contributed by atoms with E-state index in [-0.39, 0.29) is 5.92 Å². The van der Waals surface area contributed by atoms with E-state index in [1.165, 1.54) is 0 Å². The molecular formula is C13H12Br3NOS. The van der Waals surface area contributed by atoms with Crippen LogP contribution in [0.3, 0.4) is 0 Å². The van der Waals surface area contributed by atoms with Crippen LogP contribution in [0.5, 0.6) is 0 Å². The molecule has 0 amide bonds. The second-order valence-electron chi connectivity index (χ2n) is 4.12. The van der Waals surface area contributed by atoms with Gasteiger partial charge in [-0.15, -0.1) is 11.3 Å². The van der Waals surface area contributed by atoms with E-state index < -0.39 is 6.10 Å². The number of hydrogen-bond acceptors (Lipinski definition) is 3. The molecule has 0 bridgehead atoms. The second kappa shape index (κ2) is 6.83. The lowest BCUT2D eigenvalue weighted by atomic mass is 9.90. The molecule has 2 unspecified atom stereocenters. The second-order valence-corrected chi connectivity index (χ2v) is 8.79. The summed E-state index contributed by atoms with van der Waals surface area (Å²) in [7, 11) is 0. The van der Waals surface area contributed by atoms with Gasteiger partial charge in [-0.1, -0.05) is 28.1 Å². The van der Waals surface area contributed by atoms with E-state index >= 15 is 0 Å². The molecule has 19 heavy (non-hydrogen) atoms. The van der Waals surface area contributed by atoms with E-state index in [9.17, 15) is 5.11 Å². The lowest BCUT2D eigenvalue weighted by Crippen LogP contribution is -2.20. The minimum atomic E-state index is -0.628. The average molecular weight is 470 g/mol. The summed E-state index contributed by atoms with van der Waals surface area (Å²) in [4.78, 5) is 0. The Hall–Kier alpha value is 0.280. The highest BCUT2D eigenvalue weighted by atomic mass is 79.9. The zero-order chi connectivity index (χ0) is 14.0. The molecule has 3 N–H and O–H groups in total. The predicted molar refractivity (Wildman–Crippen MR) is 90.6 cm³/mol. The lowest BCUT2D eigenvalue weighted by Gasteiger charge is -2.22.